The average Bonchev–Trinajstić information content (AvgIpc) is 2.48. The lowest BCUT2D eigenvalue weighted by Crippen LogP contribution is -2.54. The van der Waals surface area contributed by atoms with Gasteiger partial charge in [0.15, 0.2) is 5.78 Å². The predicted molar refractivity (Wildman–Crippen MR) is 85.9 cm³/mol. The SMILES string of the molecule is CCC1COC(C)CN1C(C)C(=O)c1cc(C)ccc1C. The van der Waals surface area contributed by atoms with E-state index in [0.717, 1.165) is 36.3 Å². The Kier molecular flexibility index (Phi) is 5.17. The summed E-state index contributed by atoms with van der Waals surface area (Å²) in [5.74, 6) is 0.226. The Balaban J connectivity index is 2.23. The van der Waals surface area contributed by atoms with Gasteiger partial charge in [0.1, 0.15) is 0 Å². The van der Waals surface area contributed by atoms with Crippen LogP contribution in [-0.2, 0) is 4.74 Å². The largest absolute Gasteiger partial charge is 0.376 e. The van der Waals surface area contributed by atoms with Gasteiger partial charge in [-0.2, -0.15) is 0 Å². The Morgan fingerprint density at radius 3 is 2.81 bits per heavy atom. The van der Waals surface area contributed by atoms with E-state index >= 15 is 0 Å². The number of carbonyl (C=O) groups excluding carboxylic acids is 1. The van der Waals surface area contributed by atoms with Crippen LogP contribution in [0.2, 0.25) is 0 Å². The van der Waals surface area contributed by atoms with E-state index in [-0.39, 0.29) is 17.9 Å². The first kappa shape index (κ1) is 16.2. The van der Waals surface area contributed by atoms with Crippen molar-refractivity contribution in [2.45, 2.75) is 59.2 Å². The molecule has 21 heavy (non-hydrogen) atoms. The molecular formula is C18H27NO2. The number of Topliss-reactive ketones (excluding diaryl/α,β-unsaturated/α-hetero) is 1. The number of aryl methyl sites for hydroxylation is 2. The van der Waals surface area contributed by atoms with Crippen LogP contribution in [0.25, 0.3) is 0 Å². The summed E-state index contributed by atoms with van der Waals surface area (Å²) in [6.45, 7) is 11.9. The lowest BCUT2D eigenvalue weighted by Gasteiger charge is -2.41. The van der Waals surface area contributed by atoms with E-state index in [2.05, 4.69) is 24.8 Å². The maximum atomic E-state index is 12.9. The molecule has 0 N–H and O–H groups in total. The van der Waals surface area contributed by atoms with Crippen LogP contribution in [0.15, 0.2) is 18.2 Å². The molecule has 0 radical (unpaired) electrons. The van der Waals surface area contributed by atoms with Crippen molar-refractivity contribution in [3.05, 3.63) is 34.9 Å². The number of rotatable bonds is 4. The second kappa shape index (κ2) is 6.71. The van der Waals surface area contributed by atoms with E-state index in [1.807, 2.05) is 32.9 Å². The van der Waals surface area contributed by atoms with Gasteiger partial charge in [-0.1, -0.05) is 24.6 Å². The molecule has 116 valence electrons. The molecule has 1 aliphatic rings. The minimum absolute atomic E-state index is 0.0956. The molecule has 3 atom stereocenters. The van der Waals surface area contributed by atoms with Crippen LogP contribution in [-0.4, -0.2) is 42.0 Å². The lowest BCUT2D eigenvalue weighted by atomic mass is 9.96. The third kappa shape index (κ3) is 3.53. The number of ketones is 1. The molecule has 1 aliphatic heterocycles. The molecule has 3 nitrogen and oxygen atoms in total. The number of nitrogens with zero attached hydrogens (tertiary/aromatic N) is 1. The van der Waals surface area contributed by atoms with Crippen molar-refractivity contribution in [3.8, 4) is 0 Å². The van der Waals surface area contributed by atoms with Gasteiger partial charge in [-0.05, 0) is 45.7 Å². The fraction of sp³-hybridized carbons (Fsp3) is 0.611. The maximum absolute atomic E-state index is 12.9. The molecule has 0 spiro atoms. The molecule has 0 aromatic heterocycles. The summed E-state index contributed by atoms with van der Waals surface area (Å²) >= 11 is 0. The van der Waals surface area contributed by atoms with Crippen LogP contribution in [0, 0.1) is 13.8 Å². The highest BCUT2D eigenvalue weighted by atomic mass is 16.5. The van der Waals surface area contributed by atoms with Gasteiger partial charge in [-0.15, -0.1) is 0 Å². The lowest BCUT2D eigenvalue weighted by molar-refractivity contribution is -0.0648. The molecule has 0 aliphatic carbocycles. The number of morpholine rings is 1. The highest BCUT2D eigenvalue weighted by Crippen LogP contribution is 2.21. The minimum atomic E-state index is -0.0956. The average molecular weight is 289 g/mol. The van der Waals surface area contributed by atoms with E-state index in [1.54, 1.807) is 0 Å². The van der Waals surface area contributed by atoms with Crippen molar-refractivity contribution in [2.75, 3.05) is 13.2 Å². The van der Waals surface area contributed by atoms with Crippen molar-refractivity contribution in [1.82, 2.24) is 4.90 Å². The molecule has 0 amide bonds. The molecule has 1 heterocycles. The first-order valence-electron chi connectivity index (χ1n) is 7.92. The second-order valence-corrected chi connectivity index (χ2v) is 6.26. The van der Waals surface area contributed by atoms with Crippen molar-refractivity contribution in [1.29, 1.82) is 0 Å². The first-order valence-corrected chi connectivity index (χ1v) is 7.92. The summed E-state index contributed by atoms with van der Waals surface area (Å²) in [6.07, 6.45) is 1.21. The molecule has 3 unspecified atom stereocenters. The van der Waals surface area contributed by atoms with E-state index in [4.69, 9.17) is 4.74 Å². The minimum Gasteiger partial charge on any atom is -0.376 e. The second-order valence-electron chi connectivity index (χ2n) is 6.26. The molecule has 0 saturated carbocycles. The Labute approximate surface area is 128 Å². The summed E-state index contributed by atoms with van der Waals surface area (Å²) in [5.41, 5.74) is 3.06. The molecule has 1 fully saturated rings. The molecule has 2 rings (SSSR count). The predicted octanol–water partition coefficient (Wildman–Crippen LogP) is 3.37. The molecule has 0 bridgehead atoms. The molecule has 1 aromatic rings. The normalized spacial score (nSPS) is 24.8. The zero-order valence-corrected chi connectivity index (χ0v) is 13.8. The summed E-state index contributed by atoms with van der Waals surface area (Å²) in [5, 5.41) is 0. The van der Waals surface area contributed by atoms with Gasteiger partial charge in [0, 0.05) is 18.2 Å². The quantitative estimate of drug-likeness (QED) is 0.796. The topological polar surface area (TPSA) is 29.5 Å². The number of benzene rings is 1. The van der Waals surface area contributed by atoms with E-state index in [1.165, 1.54) is 0 Å². The third-order valence-electron chi connectivity index (χ3n) is 4.52. The highest BCUT2D eigenvalue weighted by Gasteiger charge is 2.33. The monoisotopic (exact) mass is 289 g/mol. The van der Waals surface area contributed by atoms with E-state index < -0.39 is 0 Å². The Morgan fingerprint density at radius 2 is 2.14 bits per heavy atom. The van der Waals surface area contributed by atoms with Crippen LogP contribution in [0.5, 0.6) is 0 Å². The van der Waals surface area contributed by atoms with Crippen molar-refractivity contribution in [2.24, 2.45) is 0 Å². The van der Waals surface area contributed by atoms with E-state index in [0.29, 0.717) is 6.04 Å². The summed E-state index contributed by atoms with van der Waals surface area (Å²) in [7, 11) is 0. The zero-order chi connectivity index (χ0) is 15.6. The highest BCUT2D eigenvalue weighted by molar-refractivity contribution is 6.01. The molecule has 3 heteroatoms. The van der Waals surface area contributed by atoms with Gasteiger partial charge in [-0.3, -0.25) is 9.69 Å². The first-order chi connectivity index (χ1) is 9.93. The van der Waals surface area contributed by atoms with Crippen molar-refractivity contribution in [3.63, 3.8) is 0 Å². The van der Waals surface area contributed by atoms with Crippen LogP contribution in [0.1, 0.15) is 48.7 Å². The number of hydrogen-bond donors (Lipinski definition) is 0. The van der Waals surface area contributed by atoms with Crippen LogP contribution in [0.4, 0.5) is 0 Å². The summed E-state index contributed by atoms with van der Waals surface area (Å²) < 4.78 is 5.74. The van der Waals surface area contributed by atoms with Crippen LogP contribution in [0.3, 0.4) is 0 Å². The van der Waals surface area contributed by atoms with Gasteiger partial charge < -0.3 is 4.74 Å². The maximum Gasteiger partial charge on any atom is 0.179 e. The van der Waals surface area contributed by atoms with Gasteiger partial charge >= 0.3 is 0 Å². The van der Waals surface area contributed by atoms with Crippen LogP contribution >= 0.6 is 0 Å². The smallest absolute Gasteiger partial charge is 0.179 e. The molecule has 1 saturated heterocycles. The molecule has 1 aromatic carbocycles. The Bertz CT molecular complexity index is 512. The van der Waals surface area contributed by atoms with Gasteiger partial charge in [0.25, 0.3) is 0 Å². The standard InChI is InChI=1S/C18H27NO2/c1-6-16-11-21-14(4)10-19(16)15(5)18(20)17-9-12(2)7-8-13(17)3/h7-9,14-16H,6,10-11H2,1-5H3. The van der Waals surface area contributed by atoms with Gasteiger partial charge in [-0.25, -0.2) is 0 Å². The Hall–Kier alpha value is -1.19. The zero-order valence-electron chi connectivity index (χ0n) is 13.8. The van der Waals surface area contributed by atoms with Gasteiger partial charge in [0.05, 0.1) is 18.8 Å². The number of hydrogen-bond acceptors (Lipinski definition) is 3. The summed E-state index contributed by atoms with van der Waals surface area (Å²) in [6, 6.07) is 6.35. The number of ether oxygens (including phenoxy) is 1. The fourth-order valence-electron chi connectivity index (χ4n) is 3.07. The fourth-order valence-corrected chi connectivity index (χ4v) is 3.07. The summed E-state index contributed by atoms with van der Waals surface area (Å²) in [4.78, 5) is 15.2. The van der Waals surface area contributed by atoms with E-state index in [9.17, 15) is 4.79 Å². The van der Waals surface area contributed by atoms with Gasteiger partial charge in [0.2, 0.25) is 0 Å². The molecular weight excluding hydrogens is 262 g/mol. The Morgan fingerprint density at radius 1 is 1.43 bits per heavy atom. The van der Waals surface area contributed by atoms with Crippen molar-refractivity contribution < 1.29 is 9.53 Å². The van der Waals surface area contributed by atoms with Crippen LogP contribution < -0.4 is 0 Å². The number of carbonyl (C=O) groups is 1. The third-order valence-corrected chi connectivity index (χ3v) is 4.52. The van der Waals surface area contributed by atoms with Crippen molar-refractivity contribution >= 4 is 5.78 Å².